The highest BCUT2D eigenvalue weighted by atomic mass is 35.5. The lowest BCUT2D eigenvalue weighted by Crippen LogP contribution is -2.30. The molecule has 1 amide bonds. The van der Waals surface area contributed by atoms with Crippen LogP contribution in [0.5, 0.6) is 5.75 Å². The van der Waals surface area contributed by atoms with Crippen molar-refractivity contribution >= 4 is 28.9 Å². The average molecular weight is 349 g/mol. The zero-order chi connectivity index (χ0) is 17.9. The van der Waals surface area contributed by atoms with Crippen molar-refractivity contribution in [3.8, 4) is 5.75 Å². The van der Waals surface area contributed by atoms with Gasteiger partial charge in [0.1, 0.15) is 5.75 Å². The Morgan fingerprint density at radius 2 is 1.96 bits per heavy atom. The van der Waals surface area contributed by atoms with Crippen LogP contribution in [0.25, 0.3) is 0 Å². The number of hydrogen-bond acceptors (Lipinski definition) is 4. The van der Waals surface area contributed by atoms with E-state index < -0.39 is 16.9 Å². The molecule has 0 bridgehead atoms. The number of aryl methyl sites for hydroxylation is 2. The third-order valence-corrected chi connectivity index (χ3v) is 3.76. The van der Waals surface area contributed by atoms with Gasteiger partial charge in [-0.15, -0.1) is 0 Å². The first-order valence-electron chi connectivity index (χ1n) is 7.26. The van der Waals surface area contributed by atoms with Crippen molar-refractivity contribution in [3.63, 3.8) is 0 Å². The Kier molecular flexibility index (Phi) is 5.41. The minimum Gasteiger partial charge on any atom is -0.481 e. The maximum absolute atomic E-state index is 12.3. The van der Waals surface area contributed by atoms with Crippen molar-refractivity contribution in [1.82, 2.24) is 0 Å². The summed E-state index contributed by atoms with van der Waals surface area (Å²) in [6.07, 6.45) is -0.791. The van der Waals surface area contributed by atoms with Gasteiger partial charge in [0.25, 0.3) is 11.6 Å². The predicted octanol–water partition coefficient (Wildman–Crippen LogP) is 4.27. The topological polar surface area (TPSA) is 81.5 Å². The van der Waals surface area contributed by atoms with Crippen molar-refractivity contribution in [3.05, 3.63) is 62.7 Å². The van der Waals surface area contributed by atoms with Crippen LogP contribution >= 0.6 is 11.6 Å². The van der Waals surface area contributed by atoms with E-state index in [2.05, 4.69) is 5.32 Å². The standard InChI is InChI=1S/C17H17ClN2O4/c1-10-4-5-11(2)16(8-10)24-12(3)17(21)19-15-9-13(20(22)23)6-7-14(15)18/h4-9,12H,1-3H3,(H,19,21)/t12-/m1/s1. The molecule has 7 heteroatoms. The van der Waals surface area contributed by atoms with Gasteiger partial charge in [-0.3, -0.25) is 14.9 Å². The zero-order valence-corrected chi connectivity index (χ0v) is 14.3. The molecule has 0 spiro atoms. The van der Waals surface area contributed by atoms with E-state index in [1.165, 1.54) is 18.2 Å². The number of ether oxygens (including phenoxy) is 1. The lowest BCUT2D eigenvalue weighted by molar-refractivity contribution is -0.384. The Morgan fingerprint density at radius 1 is 1.25 bits per heavy atom. The fraction of sp³-hybridized carbons (Fsp3) is 0.235. The number of nitrogens with one attached hydrogen (secondary N) is 1. The highest BCUT2D eigenvalue weighted by molar-refractivity contribution is 6.33. The number of anilines is 1. The Hall–Kier alpha value is -2.60. The summed E-state index contributed by atoms with van der Waals surface area (Å²) >= 11 is 5.98. The summed E-state index contributed by atoms with van der Waals surface area (Å²) in [5, 5.41) is 13.6. The molecule has 0 fully saturated rings. The lowest BCUT2D eigenvalue weighted by atomic mass is 10.1. The molecule has 0 saturated heterocycles. The summed E-state index contributed by atoms with van der Waals surface area (Å²) in [6, 6.07) is 9.56. The molecule has 0 aromatic heterocycles. The average Bonchev–Trinajstić information content (AvgIpc) is 2.52. The van der Waals surface area contributed by atoms with E-state index in [4.69, 9.17) is 16.3 Å². The number of halogens is 1. The summed E-state index contributed by atoms with van der Waals surface area (Å²) < 4.78 is 5.69. The number of nitro groups is 1. The van der Waals surface area contributed by atoms with E-state index in [1.807, 2.05) is 32.0 Å². The second-order valence-corrected chi connectivity index (χ2v) is 5.85. The Balaban J connectivity index is 2.13. The molecule has 0 saturated carbocycles. The van der Waals surface area contributed by atoms with Gasteiger partial charge in [0.2, 0.25) is 0 Å². The first kappa shape index (κ1) is 17.7. The van der Waals surface area contributed by atoms with E-state index in [9.17, 15) is 14.9 Å². The van der Waals surface area contributed by atoms with Crippen molar-refractivity contribution in [2.45, 2.75) is 26.9 Å². The molecule has 1 N–H and O–H groups in total. The molecule has 2 aromatic carbocycles. The maximum Gasteiger partial charge on any atom is 0.271 e. The summed E-state index contributed by atoms with van der Waals surface area (Å²) in [4.78, 5) is 22.5. The SMILES string of the molecule is Cc1ccc(C)c(O[C@H](C)C(=O)Nc2cc([N+](=O)[O-])ccc2Cl)c1. The van der Waals surface area contributed by atoms with Crippen molar-refractivity contribution in [2.24, 2.45) is 0 Å². The minimum absolute atomic E-state index is 0.155. The van der Waals surface area contributed by atoms with Gasteiger partial charge >= 0.3 is 0 Å². The number of benzene rings is 2. The Labute approximate surface area is 144 Å². The molecule has 0 aliphatic heterocycles. The number of amides is 1. The highest BCUT2D eigenvalue weighted by Gasteiger charge is 2.18. The fourth-order valence-corrected chi connectivity index (χ4v) is 2.20. The molecule has 1 atom stereocenters. The van der Waals surface area contributed by atoms with Crippen LogP contribution in [0.1, 0.15) is 18.1 Å². The van der Waals surface area contributed by atoms with Gasteiger partial charge in [0.05, 0.1) is 15.6 Å². The van der Waals surface area contributed by atoms with Gasteiger partial charge in [0, 0.05) is 12.1 Å². The monoisotopic (exact) mass is 348 g/mol. The van der Waals surface area contributed by atoms with Crippen molar-refractivity contribution in [1.29, 1.82) is 0 Å². The van der Waals surface area contributed by atoms with Gasteiger partial charge in [0.15, 0.2) is 6.10 Å². The number of non-ortho nitro benzene ring substituents is 1. The van der Waals surface area contributed by atoms with Gasteiger partial charge in [-0.05, 0) is 44.0 Å². The van der Waals surface area contributed by atoms with E-state index >= 15 is 0 Å². The maximum atomic E-state index is 12.3. The van der Waals surface area contributed by atoms with Crippen LogP contribution in [0.4, 0.5) is 11.4 Å². The molecule has 0 heterocycles. The van der Waals surface area contributed by atoms with Gasteiger partial charge in [-0.25, -0.2) is 0 Å². The summed E-state index contributed by atoms with van der Waals surface area (Å²) in [7, 11) is 0. The molecule has 24 heavy (non-hydrogen) atoms. The third kappa shape index (κ3) is 4.23. The van der Waals surface area contributed by atoms with Gasteiger partial charge in [-0.2, -0.15) is 0 Å². The van der Waals surface area contributed by atoms with E-state index in [-0.39, 0.29) is 16.4 Å². The smallest absolute Gasteiger partial charge is 0.271 e. The van der Waals surface area contributed by atoms with Crippen LogP contribution < -0.4 is 10.1 Å². The molecule has 0 aliphatic rings. The molecule has 126 valence electrons. The van der Waals surface area contributed by atoms with Crippen LogP contribution in [0, 0.1) is 24.0 Å². The summed E-state index contributed by atoms with van der Waals surface area (Å²) in [5.74, 6) is 0.168. The van der Waals surface area contributed by atoms with Crippen LogP contribution in [-0.2, 0) is 4.79 Å². The molecule has 0 unspecified atom stereocenters. The summed E-state index contributed by atoms with van der Waals surface area (Å²) in [5.41, 5.74) is 1.95. The number of nitro benzene ring substituents is 1. The van der Waals surface area contributed by atoms with Crippen LogP contribution in [-0.4, -0.2) is 16.9 Å². The van der Waals surface area contributed by atoms with Gasteiger partial charge < -0.3 is 10.1 Å². The minimum atomic E-state index is -0.791. The second kappa shape index (κ2) is 7.31. The van der Waals surface area contributed by atoms with E-state index in [0.29, 0.717) is 5.75 Å². The number of nitrogens with zero attached hydrogens (tertiary/aromatic N) is 1. The Morgan fingerprint density at radius 3 is 2.62 bits per heavy atom. The van der Waals surface area contributed by atoms with Crippen LogP contribution in [0.2, 0.25) is 5.02 Å². The normalized spacial score (nSPS) is 11.7. The zero-order valence-electron chi connectivity index (χ0n) is 13.5. The van der Waals surface area contributed by atoms with Crippen molar-refractivity contribution < 1.29 is 14.5 Å². The van der Waals surface area contributed by atoms with Gasteiger partial charge in [-0.1, -0.05) is 23.7 Å². The largest absolute Gasteiger partial charge is 0.481 e. The molecular weight excluding hydrogens is 332 g/mol. The fourth-order valence-electron chi connectivity index (χ4n) is 2.04. The molecule has 6 nitrogen and oxygen atoms in total. The predicted molar refractivity (Wildman–Crippen MR) is 92.7 cm³/mol. The number of carbonyl (C=O) groups excluding carboxylic acids is 1. The quantitative estimate of drug-likeness (QED) is 0.646. The van der Waals surface area contributed by atoms with E-state index in [1.54, 1.807) is 6.92 Å². The molecule has 0 radical (unpaired) electrons. The number of rotatable bonds is 5. The van der Waals surface area contributed by atoms with Crippen LogP contribution in [0.3, 0.4) is 0 Å². The highest BCUT2D eigenvalue weighted by Crippen LogP contribution is 2.27. The molecule has 0 aliphatic carbocycles. The number of carbonyl (C=O) groups is 1. The summed E-state index contributed by atoms with van der Waals surface area (Å²) in [6.45, 7) is 5.42. The van der Waals surface area contributed by atoms with E-state index in [0.717, 1.165) is 11.1 Å². The second-order valence-electron chi connectivity index (χ2n) is 5.44. The molecule has 2 rings (SSSR count). The Bertz CT molecular complexity index is 792. The first-order chi connectivity index (χ1) is 11.3. The third-order valence-electron chi connectivity index (χ3n) is 3.44. The first-order valence-corrected chi connectivity index (χ1v) is 7.64. The lowest BCUT2D eigenvalue weighted by Gasteiger charge is -2.17. The molecular formula is C17H17ClN2O4. The van der Waals surface area contributed by atoms with Crippen molar-refractivity contribution in [2.75, 3.05) is 5.32 Å². The number of hydrogen-bond donors (Lipinski definition) is 1. The van der Waals surface area contributed by atoms with Crippen LogP contribution in [0.15, 0.2) is 36.4 Å². The molecule has 2 aromatic rings.